The van der Waals surface area contributed by atoms with Crippen molar-refractivity contribution in [3.8, 4) is 5.69 Å². The second kappa shape index (κ2) is 10.8. The number of carboxylic acids is 1. The molecule has 0 aliphatic carbocycles. The average molecular weight is 533 g/mol. The van der Waals surface area contributed by atoms with Crippen LogP contribution in [-0.4, -0.2) is 75.6 Å². The number of fused-ring (bicyclic) bond motifs is 1. The van der Waals surface area contributed by atoms with Gasteiger partial charge in [0.1, 0.15) is 6.54 Å². The highest BCUT2D eigenvalue weighted by atomic mass is 35.5. The van der Waals surface area contributed by atoms with Gasteiger partial charge in [-0.05, 0) is 12.1 Å². The molecule has 36 heavy (non-hydrogen) atoms. The Morgan fingerprint density at radius 2 is 1.81 bits per heavy atom. The van der Waals surface area contributed by atoms with E-state index in [1.165, 1.54) is 7.11 Å². The van der Waals surface area contributed by atoms with Crippen LogP contribution in [0.2, 0.25) is 5.02 Å². The highest BCUT2D eigenvalue weighted by Crippen LogP contribution is 2.29. The van der Waals surface area contributed by atoms with Crippen molar-refractivity contribution in [2.75, 3.05) is 38.2 Å². The largest absolute Gasteiger partial charge is 0.490 e. The molecule has 12 nitrogen and oxygen atoms in total. The number of aromatic amines is 1. The Morgan fingerprint density at radius 1 is 1.19 bits per heavy atom. The molecule has 0 amide bonds. The van der Waals surface area contributed by atoms with E-state index in [0.717, 1.165) is 17.7 Å². The summed E-state index contributed by atoms with van der Waals surface area (Å²) in [6, 6.07) is 7.06. The fourth-order valence-electron chi connectivity index (χ4n) is 3.39. The summed E-state index contributed by atoms with van der Waals surface area (Å²) < 4.78 is 39.1. The van der Waals surface area contributed by atoms with E-state index in [0.29, 0.717) is 29.7 Å². The molecule has 0 spiro atoms. The Balaban J connectivity index is 0.000000454. The van der Waals surface area contributed by atoms with E-state index in [4.69, 9.17) is 21.5 Å². The molecule has 16 heteroatoms. The highest BCUT2D eigenvalue weighted by molar-refractivity contribution is 6.32. The average Bonchev–Trinajstić information content (AvgIpc) is 3.23. The first-order valence-corrected chi connectivity index (χ1v) is 10.7. The molecule has 4 rings (SSSR count). The summed E-state index contributed by atoms with van der Waals surface area (Å²) in [5, 5.41) is 10.8. The number of ether oxygens (including phenoxy) is 1. The second-order valence-corrected chi connectivity index (χ2v) is 7.74. The fraction of sp³-hybridized carbons (Fsp3) is 0.350. The fourth-order valence-corrected chi connectivity index (χ4v) is 3.61. The number of benzene rings is 1. The van der Waals surface area contributed by atoms with E-state index in [1.807, 2.05) is 4.90 Å². The van der Waals surface area contributed by atoms with Gasteiger partial charge in [0.25, 0.3) is 5.56 Å². The lowest BCUT2D eigenvalue weighted by Gasteiger charge is -2.28. The maximum Gasteiger partial charge on any atom is 0.490 e. The second-order valence-electron chi connectivity index (χ2n) is 7.33. The van der Waals surface area contributed by atoms with Gasteiger partial charge in [0.2, 0.25) is 5.95 Å². The molecule has 1 saturated heterocycles. The first-order chi connectivity index (χ1) is 17.0. The van der Waals surface area contributed by atoms with E-state index in [1.54, 1.807) is 28.8 Å². The number of hydrogen-bond acceptors (Lipinski definition) is 8. The number of carbonyl (C=O) groups excluding carboxylic acids is 1. The van der Waals surface area contributed by atoms with Crippen LogP contribution in [0.3, 0.4) is 0 Å². The zero-order chi connectivity index (χ0) is 26.6. The summed E-state index contributed by atoms with van der Waals surface area (Å²) in [5.74, 6) is -2.91. The van der Waals surface area contributed by atoms with Gasteiger partial charge in [-0.25, -0.2) is 9.59 Å². The van der Waals surface area contributed by atoms with Crippen LogP contribution >= 0.6 is 11.6 Å². The number of rotatable bonds is 4. The minimum absolute atomic E-state index is 0.0950. The molecule has 1 aliphatic rings. The van der Waals surface area contributed by atoms with Crippen molar-refractivity contribution < 1.29 is 32.6 Å². The number of piperazine rings is 1. The number of para-hydroxylation sites is 1. The molecule has 3 N–H and O–H groups in total. The molecule has 1 aliphatic heterocycles. The molecule has 3 heterocycles. The summed E-state index contributed by atoms with van der Waals surface area (Å²) in [5.41, 5.74) is -0.560. The SMILES string of the molecule is COC(=O)Cn1c(=O)[nH]c(=O)c2c1nc(N1CCNCC1)n2-c1ccccc1Cl.O=C(O)C(F)(F)F. The number of imidazole rings is 1. The van der Waals surface area contributed by atoms with E-state index in [-0.39, 0.29) is 17.7 Å². The number of hydrogen-bond donors (Lipinski definition) is 3. The predicted molar refractivity (Wildman–Crippen MR) is 122 cm³/mol. The number of carbonyl (C=O) groups is 2. The minimum Gasteiger partial charge on any atom is -0.475 e. The van der Waals surface area contributed by atoms with Gasteiger partial charge in [-0.3, -0.25) is 23.7 Å². The molecular weight excluding hydrogens is 513 g/mol. The van der Waals surface area contributed by atoms with Crippen molar-refractivity contribution in [2.45, 2.75) is 12.7 Å². The van der Waals surface area contributed by atoms with Crippen LogP contribution < -0.4 is 21.5 Å². The number of methoxy groups -OCH3 is 1. The smallest absolute Gasteiger partial charge is 0.475 e. The Hall–Kier alpha value is -3.85. The third-order valence-corrected chi connectivity index (χ3v) is 5.35. The number of carboxylic acid groups (broad SMARTS) is 1. The maximum atomic E-state index is 12.8. The number of alkyl halides is 3. The van der Waals surface area contributed by atoms with E-state index in [2.05, 4.69) is 20.0 Å². The Bertz CT molecular complexity index is 1390. The summed E-state index contributed by atoms with van der Waals surface area (Å²) in [6.07, 6.45) is -5.08. The zero-order valence-electron chi connectivity index (χ0n) is 18.6. The minimum atomic E-state index is -5.08. The van der Waals surface area contributed by atoms with Crippen LogP contribution in [0, 0.1) is 0 Å². The third kappa shape index (κ3) is 5.68. The monoisotopic (exact) mass is 532 g/mol. The number of aliphatic carboxylic acids is 1. The maximum absolute atomic E-state index is 12.8. The van der Waals surface area contributed by atoms with Gasteiger partial charge in [-0.15, -0.1) is 0 Å². The number of halogens is 4. The van der Waals surface area contributed by atoms with Crippen molar-refractivity contribution in [2.24, 2.45) is 0 Å². The van der Waals surface area contributed by atoms with Crippen LogP contribution in [0.5, 0.6) is 0 Å². The lowest BCUT2D eigenvalue weighted by atomic mass is 10.3. The first kappa shape index (κ1) is 26.7. The van der Waals surface area contributed by atoms with Gasteiger partial charge in [0.15, 0.2) is 11.2 Å². The van der Waals surface area contributed by atoms with Crippen LogP contribution in [0.1, 0.15) is 0 Å². The number of anilines is 1. The van der Waals surface area contributed by atoms with E-state index < -0.39 is 29.4 Å². The van der Waals surface area contributed by atoms with E-state index in [9.17, 15) is 27.6 Å². The van der Waals surface area contributed by atoms with Crippen molar-refractivity contribution in [3.05, 3.63) is 50.1 Å². The van der Waals surface area contributed by atoms with Gasteiger partial charge >= 0.3 is 23.8 Å². The molecule has 1 fully saturated rings. The van der Waals surface area contributed by atoms with Gasteiger partial charge in [0.05, 0.1) is 17.8 Å². The van der Waals surface area contributed by atoms with Crippen molar-refractivity contribution >= 4 is 40.7 Å². The Kier molecular flexibility index (Phi) is 8.04. The van der Waals surface area contributed by atoms with Crippen LogP contribution in [0.4, 0.5) is 19.1 Å². The molecule has 0 bridgehead atoms. The summed E-state index contributed by atoms with van der Waals surface area (Å²) >= 11 is 6.42. The number of H-pyrrole nitrogens is 1. The molecule has 0 saturated carbocycles. The predicted octanol–water partition coefficient (Wildman–Crippen LogP) is 0.745. The molecule has 194 valence electrons. The van der Waals surface area contributed by atoms with Gasteiger partial charge in [-0.1, -0.05) is 23.7 Å². The topological polar surface area (TPSA) is 152 Å². The van der Waals surface area contributed by atoms with Crippen LogP contribution in [0.25, 0.3) is 16.9 Å². The Labute approximate surface area is 204 Å². The summed E-state index contributed by atoms with van der Waals surface area (Å²) in [4.78, 5) is 54.8. The molecule has 2 aromatic heterocycles. The zero-order valence-corrected chi connectivity index (χ0v) is 19.4. The molecule has 0 atom stereocenters. The molecule has 1 aromatic carbocycles. The summed E-state index contributed by atoms with van der Waals surface area (Å²) in [7, 11) is 1.23. The third-order valence-electron chi connectivity index (χ3n) is 5.03. The lowest BCUT2D eigenvalue weighted by molar-refractivity contribution is -0.192. The normalized spacial score (nSPS) is 13.8. The molecular formula is C20H20ClF3N6O6. The highest BCUT2D eigenvalue weighted by Gasteiger charge is 2.38. The van der Waals surface area contributed by atoms with Crippen molar-refractivity contribution in [3.63, 3.8) is 0 Å². The van der Waals surface area contributed by atoms with Crippen LogP contribution in [-0.2, 0) is 20.9 Å². The molecule has 0 radical (unpaired) electrons. The van der Waals surface area contributed by atoms with Gasteiger partial charge < -0.3 is 20.1 Å². The van der Waals surface area contributed by atoms with Crippen LogP contribution in [0.15, 0.2) is 33.9 Å². The van der Waals surface area contributed by atoms with Gasteiger partial charge in [-0.2, -0.15) is 18.2 Å². The summed E-state index contributed by atoms with van der Waals surface area (Å²) in [6.45, 7) is 2.44. The van der Waals surface area contributed by atoms with Gasteiger partial charge in [0, 0.05) is 26.2 Å². The molecule has 0 unspecified atom stereocenters. The Morgan fingerprint density at radius 3 is 2.36 bits per heavy atom. The van der Waals surface area contributed by atoms with E-state index >= 15 is 0 Å². The number of nitrogens with one attached hydrogen (secondary N) is 2. The van der Waals surface area contributed by atoms with Crippen molar-refractivity contribution in [1.29, 1.82) is 0 Å². The first-order valence-electron chi connectivity index (χ1n) is 10.3. The number of aromatic nitrogens is 4. The quantitative estimate of drug-likeness (QED) is 0.413. The molecule has 3 aromatic rings. The van der Waals surface area contributed by atoms with Crippen molar-refractivity contribution in [1.82, 2.24) is 24.4 Å². The lowest BCUT2D eigenvalue weighted by Crippen LogP contribution is -2.44. The number of nitrogens with zero attached hydrogens (tertiary/aromatic N) is 4. The number of esters is 1. The standard InChI is InChI=1S/C18H19ClN6O4.C2HF3O2/c1-29-13(26)10-24-15-14(16(27)22-18(24)28)25(12-5-3-2-4-11(12)19)17(21-15)23-8-6-20-7-9-23;3-2(4,5)1(6)7/h2-5,20H,6-10H2,1H3,(H,22,27,28);(H,6,7).